The zero-order valence-corrected chi connectivity index (χ0v) is 11.9. The second-order valence-electron chi connectivity index (χ2n) is 5.06. The Bertz CT molecular complexity index is 543. The molecule has 0 bridgehead atoms. The number of nitrogens with two attached hydrogens (primary N) is 1. The average molecular weight is 255 g/mol. The summed E-state index contributed by atoms with van der Waals surface area (Å²) < 4.78 is 0. The maximum atomic E-state index is 5.62. The van der Waals surface area contributed by atoms with Crippen LogP contribution in [0.1, 0.15) is 22.4 Å². The Labute approximate surface area is 115 Å². The molecule has 19 heavy (non-hydrogen) atoms. The Morgan fingerprint density at radius 3 is 2.42 bits per heavy atom. The van der Waals surface area contributed by atoms with E-state index in [4.69, 9.17) is 5.73 Å². The summed E-state index contributed by atoms with van der Waals surface area (Å²) in [6.07, 6.45) is 1.83. The number of rotatable bonds is 4. The molecule has 0 saturated carbocycles. The van der Waals surface area contributed by atoms with Crippen molar-refractivity contribution >= 4 is 5.69 Å². The molecule has 1 aromatic carbocycles. The molecular formula is C16H21N3. The van der Waals surface area contributed by atoms with E-state index in [1.165, 1.54) is 22.4 Å². The Hall–Kier alpha value is -1.87. The summed E-state index contributed by atoms with van der Waals surface area (Å²) in [6, 6.07) is 10.7. The molecule has 0 atom stereocenters. The molecule has 100 valence electrons. The minimum absolute atomic E-state index is 0.487. The zero-order chi connectivity index (χ0) is 13.8. The van der Waals surface area contributed by atoms with Crippen molar-refractivity contribution in [2.24, 2.45) is 5.73 Å². The van der Waals surface area contributed by atoms with Gasteiger partial charge in [-0.2, -0.15) is 0 Å². The van der Waals surface area contributed by atoms with Crippen molar-refractivity contribution in [2.75, 3.05) is 11.9 Å². The maximum Gasteiger partial charge on any atom is 0.0542 e. The minimum atomic E-state index is 0.487. The summed E-state index contributed by atoms with van der Waals surface area (Å²) in [5.74, 6) is 0. The molecule has 0 amide bonds. The van der Waals surface area contributed by atoms with Gasteiger partial charge in [0.1, 0.15) is 0 Å². The van der Waals surface area contributed by atoms with E-state index in [0.29, 0.717) is 6.54 Å². The largest absolute Gasteiger partial charge is 0.370 e. The molecule has 0 saturated heterocycles. The van der Waals surface area contributed by atoms with Crippen LogP contribution in [-0.2, 0) is 13.1 Å². The standard InChI is InChI=1S/C16H21N3/c1-12-6-13(2)8-16(7-12)19(3)11-14-4-5-18-15(9-14)10-17/h4-9H,10-11,17H2,1-3H3. The van der Waals surface area contributed by atoms with Gasteiger partial charge in [0.05, 0.1) is 5.69 Å². The molecule has 0 fully saturated rings. The van der Waals surface area contributed by atoms with E-state index < -0.39 is 0 Å². The van der Waals surface area contributed by atoms with Gasteiger partial charge in [-0.1, -0.05) is 6.07 Å². The van der Waals surface area contributed by atoms with E-state index in [1.807, 2.05) is 12.3 Å². The van der Waals surface area contributed by atoms with Gasteiger partial charge in [0, 0.05) is 32.0 Å². The first kappa shape index (κ1) is 13.6. The first-order valence-electron chi connectivity index (χ1n) is 6.52. The smallest absolute Gasteiger partial charge is 0.0542 e. The lowest BCUT2D eigenvalue weighted by Gasteiger charge is -2.20. The molecule has 0 aliphatic carbocycles. The van der Waals surface area contributed by atoms with Crippen molar-refractivity contribution in [2.45, 2.75) is 26.9 Å². The molecule has 0 aliphatic heterocycles. The van der Waals surface area contributed by atoms with Gasteiger partial charge < -0.3 is 10.6 Å². The summed E-state index contributed by atoms with van der Waals surface area (Å²) in [5, 5.41) is 0. The summed E-state index contributed by atoms with van der Waals surface area (Å²) in [6.45, 7) is 5.60. The van der Waals surface area contributed by atoms with Crippen LogP contribution < -0.4 is 10.6 Å². The molecule has 3 heteroatoms. The van der Waals surface area contributed by atoms with E-state index in [1.54, 1.807) is 0 Å². The lowest BCUT2D eigenvalue weighted by molar-refractivity contribution is 0.901. The van der Waals surface area contributed by atoms with E-state index in [9.17, 15) is 0 Å². The topological polar surface area (TPSA) is 42.2 Å². The molecule has 1 aromatic heterocycles. The zero-order valence-electron chi connectivity index (χ0n) is 11.9. The Morgan fingerprint density at radius 1 is 1.11 bits per heavy atom. The van der Waals surface area contributed by atoms with Crippen LogP contribution in [0.2, 0.25) is 0 Å². The van der Waals surface area contributed by atoms with Crippen molar-refractivity contribution in [1.82, 2.24) is 4.98 Å². The van der Waals surface area contributed by atoms with Gasteiger partial charge in [0.25, 0.3) is 0 Å². The van der Waals surface area contributed by atoms with Crippen LogP contribution in [0.5, 0.6) is 0 Å². The number of aromatic nitrogens is 1. The molecule has 0 unspecified atom stereocenters. The SMILES string of the molecule is Cc1cc(C)cc(N(C)Cc2ccnc(CN)c2)c1. The molecule has 2 rings (SSSR count). The lowest BCUT2D eigenvalue weighted by atomic mass is 10.1. The third kappa shape index (κ3) is 3.55. The predicted octanol–water partition coefficient (Wildman–Crippen LogP) is 2.79. The minimum Gasteiger partial charge on any atom is -0.370 e. The van der Waals surface area contributed by atoms with Gasteiger partial charge in [0.15, 0.2) is 0 Å². The first-order chi connectivity index (χ1) is 9.08. The van der Waals surface area contributed by atoms with Gasteiger partial charge in [-0.25, -0.2) is 0 Å². The molecule has 0 aliphatic rings. The third-order valence-corrected chi connectivity index (χ3v) is 3.16. The van der Waals surface area contributed by atoms with Crippen molar-refractivity contribution in [1.29, 1.82) is 0 Å². The molecule has 2 N–H and O–H groups in total. The van der Waals surface area contributed by atoms with Crippen molar-refractivity contribution < 1.29 is 0 Å². The summed E-state index contributed by atoms with van der Waals surface area (Å²) in [7, 11) is 2.11. The summed E-state index contributed by atoms with van der Waals surface area (Å²) >= 11 is 0. The highest BCUT2D eigenvalue weighted by atomic mass is 15.1. The van der Waals surface area contributed by atoms with Crippen LogP contribution in [0, 0.1) is 13.8 Å². The van der Waals surface area contributed by atoms with Crippen LogP contribution in [-0.4, -0.2) is 12.0 Å². The van der Waals surface area contributed by atoms with Crippen molar-refractivity contribution in [3.05, 3.63) is 58.9 Å². The van der Waals surface area contributed by atoms with E-state index in [-0.39, 0.29) is 0 Å². The quantitative estimate of drug-likeness (QED) is 0.913. The number of aryl methyl sites for hydroxylation is 2. The van der Waals surface area contributed by atoms with Crippen LogP contribution in [0.4, 0.5) is 5.69 Å². The normalized spacial score (nSPS) is 10.5. The highest BCUT2D eigenvalue weighted by Crippen LogP contribution is 2.19. The number of nitrogens with zero attached hydrogens (tertiary/aromatic N) is 2. The summed E-state index contributed by atoms with van der Waals surface area (Å²) in [5.41, 5.74) is 11.6. The maximum absolute atomic E-state index is 5.62. The van der Waals surface area contributed by atoms with Crippen LogP contribution in [0.3, 0.4) is 0 Å². The van der Waals surface area contributed by atoms with Crippen LogP contribution in [0.15, 0.2) is 36.5 Å². The molecule has 0 radical (unpaired) electrons. The molecule has 2 aromatic rings. The average Bonchev–Trinajstić information content (AvgIpc) is 2.37. The third-order valence-electron chi connectivity index (χ3n) is 3.16. The van der Waals surface area contributed by atoms with Crippen molar-refractivity contribution in [3.63, 3.8) is 0 Å². The number of benzene rings is 1. The Kier molecular flexibility index (Phi) is 4.17. The first-order valence-corrected chi connectivity index (χ1v) is 6.52. The second kappa shape index (κ2) is 5.85. The van der Waals surface area contributed by atoms with E-state index in [0.717, 1.165) is 12.2 Å². The fraction of sp³-hybridized carbons (Fsp3) is 0.312. The van der Waals surface area contributed by atoms with Gasteiger partial charge in [-0.15, -0.1) is 0 Å². The van der Waals surface area contributed by atoms with Crippen molar-refractivity contribution in [3.8, 4) is 0 Å². The Morgan fingerprint density at radius 2 is 1.79 bits per heavy atom. The molecule has 1 heterocycles. The molecule has 3 nitrogen and oxygen atoms in total. The van der Waals surface area contributed by atoms with Crippen LogP contribution >= 0.6 is 0 Å². The fourth-order valence-electron chi connectivity index (χ4n) is 2.27. The second-order valence-corrected chi connectivity index (χ2v) is 5.06. The van der Waals surface area contributed by atoms with E-state index >= 15 is 0 Å². The van der Waals surface area contributed by atoms with Gasteiger partial charge in [-0.05, 0) is 54.8 Å². The number of hydrogen-bond acceptors (Lipinski definition) is 3. The highest BCUT2D eigenvalue weighted by molar-refractivity contribution is 5.50. The predicted molar refractivity (Wildman–Crippen MR) is 80.2 cm³/mol. The Balaban J connectivity index is 2.17. The van der Waals surface area contributed by atoms with Crippen LogP contribution in [0.25, 0.3) is 0 Å². The summed E-state index contributed by atoms with van der Waals surface area (Å²) in [4.78, 5) is 6.47. The highest BCUT2D eigenvalue weighted by Gasteiger charge is 2.04. The molecular weight excluding hydrogens is 234 g/mol. The van der Waals surface area contributed by atoms with Gasteiger partial charge in [-0.3, -0.25) is 4.98 Å². The molecule has 0 spiro atoms. The van der Waals surface area contributed by atoms with Gasteiger partial charge in [0.2, 0.25) is 0 Å². The lowest BCUT2D eigenvalue weighted by Crippen LogP contribution is -2.17. The van der Waals surface area contributed by atoms with E-state index in [2.05, 4.69) is 55.0 Å². The monoisotopic (exact) mass is 255 g/mol. The number of pyridine rings is 1. The van der Waals surface area contributed by atoms with Gasteiger partial charge >= 0.3 is 0 Å². The number of anilines is 1. The number of hydrogen-bond donors (Lipinski definition) is 1. The fourth-order valence-corrected chi connectivity index (χ4v) is 2.27.